The molecule has 1 N–H and O–H groups in total. The fourth-order valence-corrected chi connectivity index (χ4v) is 4.29. The molecule has 1 atom stereocenters. The number of rotatable bonds is 6. The molecule has 0 saturated carbocycles. The fourth-order valence-electron chi connectivity index (χ4n) is 3.57. The van der Waals surface area contributed by atoms with Crippen LogP contribution >= 0.6 is 11.8 Å². The molecule has 1 unspecified atom stereocenters. The van der Waals surface area contributed by atoms with Gasteiger partial charge in [0.15, 0.2) is 0 Å². The number of carbonyl (C=O) groups is 2. The molecule has 0 spiro atoms. The van der Waals surface area contributed by atoms with E-state index in [0.29, 0.717) is 19.6 Å². The monoisotopic (exact) mass is 429 g/mol. The first-order valence-corrected chi connectivity index (χ1v) is 10.5. The summed E-state index contributed by atoms with van der Waals surface area (Å²) in [7, 11) is 0. The molecule has 2 aromatic rings. The van der Waals surface area contributed by atoms with Gasteiger partial charge in [0, 0.05) is 43.0 Å². The molecule has 0 aromatic heterocycles. The third-order valence-electron chi connectivity index (χ3n) is 5.00. The highest BCUT2D eigenvalue weighted by atomic mass is 32.2. The number of nitrogens with zero attached hydrogens (tertiary/aromatic N) is 3. The number of benzene rings is 2. The summed E-state index contributed by atoms with van der Waals surface area (Å²) in [5.74, 6) is -1.61. The first-order valence-electron chi connectivity index (χ1n) is 9.52. The number of nitro benzene ring substituents is 1. The van der Waals surface area contributed by atoms with Crippen LogP contribution in [0.5, 0.6) is 0 Å². The lowest BCUT2D eigenvalue weighted by Gasteiger charge is -2.41. The first kappa shape index (κ1) is 21.6. The van der Waals surface area contributed by atoms with Crippen molar-refractivity contribution in [1.82, 2.24) is 4.90 Å². The highest BCUT2D eigenvalue weighted by Gasteiger charge is 2.29. The molecule has 1 amide bonds. The van der Waals surface area contributed by atoms with E-state index in [1.165, 1.54) is 23.8 Å². The number of nitro groups is 1. The highest BCUT2D eigenvalue weighted by Crippen LogP contribution is 2.31. The Morgan fingerprint density at radius 3 is 2.63 bits per heavy atom. The largest absolute Gasteiger partial charge is 0.481 e. The van der Waals surface area contributed by atoms with Gasteiger partial charge in [-0.2, -0.15) is 0 Å². The Morgan fingerprint density at radius 1 is 1.23 bits per heavy atom. The molecule has 1 aliphatic rings. The second-order valence-corrected chi connectivity index (χ2v) is 8.27. The van der Waals surface area contributed by atoms with Gasteiger partial charge in [0.1, 0.15) is 0 Å². The number of carboxylic acids is 1. The molecule has 8 nitrogen and oxygen atoms in total. The van der Waals surface area contributed by atoms with Crippen LogP contribution in [0.25, 0.3) is 0 Å². The zero-order valence-corrected chi connectivity index (χ0v) is 17.6. The first-order chi connectivity index (χ1) is 14.3. The van der Waals surface area contributed by atoms with Gasteiger partial charge in [-0.1, -0.05) is 12.1 Å². The second-order valence-electron chi connectivity index (χ2n) is 7.25. The van der Waals surface area contributed by atoms with E-state index in [4.69, 9.17) is 5.11 Å². The molecular weight excluding hydrogens is 406 g/mol. The summed E-state index contributed by atoms with van der Waals surface area (Å²) in [6.07, 6.45) is 0. The van der Waals surface area contributed by atoms with Gasteiger partial charge >= 0.3 is 5.97 Å². The van der Waals surface area contributed by atoms with Gasteiger partial charge in [-0.3, -0.25) is 19.7 Å². The number of amides is 1. The third kappa shape index (κ3) is 4.91. The van der Waals surface area contributed by atoms with Crippen LogP contribution < -0.4 is 4.90 Å². The van der Waals surface area contributed by atoms with Gasteiger partial charge in [0.2, 0.25) is 0 Å². The molecule has 158 valence electrons. The average molecular weight is 429 g/mol. The number of aliphatic carboxylic acids is 1. The number of anilines is 1. The molecule has 1 aliphatic heterocycles. The highest BCUT2D eigenvalue weighted by molar-refractivity contribution is 8.00. The molecule has 1 saturated heterocycles. The van der Waals surface area contributed by atoms with E-state index >= 15 is 0 Å². The summed E-state index contributed by atoms with van der Waals surface area (Å²) >= 11 is 0.866. The van der Waals surface area contributed by atoms with Crippen molar-refractivity contribution in [1.29, 1.82) is 0 Å². The van der Waals surface area contributed by atoms with Crippen molar-refractivity contribution < 1.29 is 19.6 Å². The number of carboxylic acid groups (broad SMARTS) is 1. The van der Waals surface area contributed by atoms with Crippen LogP contribution in [0.15, 0.2) is 47.4 Å². The van der Waals surface area contributed by atoms with Crippen LogP contribution in [0.4, 0.5) is 11.4 Å². The third-order valence-corrected chi connectivity index (χ3v) is 6.05. The van der Waals surface area contributed by atoms with E-state index in [0.717, 1.165) is 17.4 Å². The van der Waals surface area contributed by atoms with E-state index in [2.05, 4.69) is 24.0 Å². The van der Waals surface area contributed by atoms with Crippen molar-refractivity contribution in [2.75, 3.05) is 30.3 Å². The van der Waals surface area contributed by atoms with Crippen molar-refractivity contribution in [2.45, 2.75) is 24.8 Å². The molecular formula is C21H23N3O5S. The molecule has 1 fully saturated rings. The van der Waals surface area contributed by atoms with Crippen LogP contribution in [0.1, 0.15) is 22.8 Å². The van der Waals surface area contributed by atoms with E-state index < -0.39 is 10.9 Å². The SMILES string of the molecule is Cc1cccc(N2CCN(C(=O)c3ccc(SCC(=O)O)c([N+](=O)[O-])c3)CC2C)c1. The lowest BCUT2D eigenvalue weighted by Crippen LogP contribution is -2.53. The fraction of sp³-hybridized carbons (Fsp3) is 0.333. The van der Waals surface area contributed by atoms with Crippen LogP contribution in [-0.2, 0) is 4.79 Å². The van der Waals surface area contributed by atoms with Crippen LogP contribution in [0.3, 0.4) is 0 Å². The van der Waals surface area contributed by atoms with Gasteiger partial charge in [0.05, 0.1) is 15.6 Å². The molecule has 30 heavy (non-hydrogen) atoms. The second kappa shape index (κ2) is 9.17. The van der Waals surface area contributed by atoms with E-state index in [1.807, 2.05) is 19.1 Å². The van der Waals surface area contributed by atoms with Crippen LogP contribution in [0.2, 0.25) is 0 Å². The van der Waals surface area contributed by atoms with Gasteiger partial charge in [-0.15, -0.1) is 11.8 Å². The quantitative estimate of drug-likeness (QED) is 0.426. The van der Waals surface area contributed by atoms with Gasteiger partial charge in [-0.05, 0) is 43.7 Å². The van der Waals surface area contributed by atoms with Crippen molar-refractivity contribution in [3.05, 3.63) is 63.7 Å². The summed E-state index contributed by atoms with van der Waals surface area (Å²) in [5, 5.41) is 20.2. The topological polar surface area (TPSA) is 104 Å². The zero-order valence-electron chi connectivity index (χ0n) is 16.8. The van der Waals surface area contributed by atoms with E-state index in [-0.39, 0.29) is 33.8 Å². The summed E-state index contributed by atoms with van der Waals surface area (Å²) in [4.78, 5) is 38.8. The van der Waals surface area contributed by atoms with E-state index in [9.17, 15) is 19.7 Å². The van der Waals surface area contributed by atoms with Gasteiger partial charge in [0.25, 0.3) is 11.6 Å². The minimum absolute atomic E-state index is 0.102. The van der Waals surface area contributed by atoms with Crippen molar-refractivity contribution in [2.24, 2.45) is 0 Å². The molecule has 3 rings (SSSR count). The maximum atomic E-state index is 13.0. The Labute approximate surface area is 178 Å². The summed E-state index contributed by atoms with van der Waals surface area (Å²) in [5.41, 5.74) is 2.27. The van der Waals surface area contributed by atoms with Gasteiger partial charge < -0.3 is 14.9 Å². The Hall–Kier alpha value is -3.07. The number of hydrogen-bond acceptors (Lipinski definition) is 6. The summed E-state index contributed by atoms with van der Waals surface area (Å²) in [6, 6.07) is 12.5. The van der Waals surface area contributed by atoms with Crippen LogP contribution in [0, 0.1) is 17.0 Å². The lowest BCUT2D eigenvalue weighted by atomic mass is 10.1. The Bertz CT molecular complexity index is 981. The van der Waals surface area contributed by atoms with Crippen molar-refractivity contribution >= 4 is 35.0 Å². The minimum atomic E-state index is -1.06. The number of thioether (sulfide) groups is 1. The standard InChI is InChI=1S/C21H23N3O5S/c1-14-4-3-5-17(10-14)23-9-8-22(12-15(23)2)21(27)16-6-7-19(30-13-20(25)26)18(11-16)24(28)29/h3-7,10-11,15H,8-9,12-13H2,1-2H3,(H,25,26). The Morgan fingerprint density at radius 2 is 2.00 bits per heavy atom. The Kier molecular flexibility index (Phi) is 6.61. The molecule has 0 radical (unpaired) electrons. The molecule has 0 aliphatic carbocycles. The number of aryl methyl sites for hydroxylation is 1. The minimum Gasteiger partial charge on any atom is -0.481 e. The predicted octanol–water partition coefficient (Wildman–Crippen LogP) is 3.43. The molecule has 0 bridgehead atoms. The lowest BCUT2D eigenvalue weighted by molar-refractivity contribution is -0.387. The normalized spacial score (nSPS) is 16.4. The molecule has 9 heteroatoms. The smallest absolute Gasteiger partial charge is 0.313 e. The number of hydrogen-bond donors (Lipinski definition) is 1. The molecule has 1 heterocycles. The van der Waals surface area contributed by atoms with E-state index in [1.54, 1.807) is 4.90 Å². The summed E-state index contributed by atoms with van der Waals surface area (Å²) < 4.78 is 0. The van der Waals surface area contributed by atoms with Crippen LogP contribution in [-0.4, -0.2) is 58.2 Å². The maximum absolute atomic E-state index is 13.0. The zero-order chi connectivity index (χ0) is 21.8. The van der Waals surface area contributed by atoms with Gasteiger partial charge in [-0.25, -0.2) is 0 Å². The maximum Gasteiger partial charge on any atom is 0.313 e. The average Bonchev–Trinajstić information content (AvgIpc) is 2.71. The Balaban J connectivity index is 1.74. The van der Waals surface area contributed by atoms with Crippen molar-refractivity contribution in [3.63, 3.8) is 0 Å². The molecule has 2 aromatic carbocycles. The summed E-state index contributed by atoms with van der Waals surface area (Å²) in [6.45, 7) is 5.79. The van der Waals surface area contributed by atoms with Crippen molar-refractivity contribution in [3.8, 4) is 0 Å². The number of carbonyl (C=O) groups excluding carboxylic acids is 1. The predicted molar refractivity (Wildman–Crippen MR) is 115 cm³/mol. The number of piperazine rings is 1.